The van der Waals surface area contributed by atoms with Crippen LogP contribution in [0.15, 0.2) is 71.9 Å². The fourth-order valence-corrected chi connectivity index (χ4v) is 4.74. The van der Waals surface area contributed by atoms with Gasteiger partial charge in [-0.05, 0) is 68.1 Å². The Labute approximate surface area is 216 Å². The maximum Gasteiger partial charge on any atom is 0.306 e. The minimum absolute atomic E-state index is 0.204. The molecule has 1 aliphatic rings. The third-order valence-corrected chi connectivity index (χ3v) is 6.87. The van der Waals surface area contributed by atoms with Crippen LogP contribution in [0.2, 0.25) is 0 Å². The number of piperidine rings is 1. The zero-order chi connectivity index (χ0) is 25.8. The molecule has 1 fully saturated rings. The zero-order valence-corrected chi connectivity index (χ0v) is 21.2. The number of fused-ring (bicyclic) bond motifs is 1. The minimum atomic E-state index is -0.672. The van der Waals surface area contributed by atoms with Crippen molar-refractivity contribution in [2.45, 2.75) is 33.2 Å². The van der Waals surface area contributed by atoms with Crippen LogP contribution in [0.3, 0.4) is 0 Å². The van der Waals surface area contributed by atoms with E-state index in [0.717, 1.165) is 59.1 Å². The van der Waals surface area contributed by atoms with E-state index in [1.807, 2.05) is 43.6 Å². The fraction of sp³-hybridized carbons (Fsp3) is 0.267. The standard InChI is InChI=1S/C30H31N5O2/c1-21(25-6-4-3-5-7-25)16-27-19-31-28-17-22(2)33-35(28)29(27)32-18-23-8-10-24(11-9-23)20-34-14-12-26(13-15-34)30(36)37/h3-11,16-19,26H,12-15,20H2,1-2H3,(H,36,37)/b21-16+,32-18?. The highest BCUT2D eigenvalue weighted by Gasteiger charge is 2.24. The summed E-state index contributed by atoms with van der Waals surface area (Å²) < 4.78 is 1.80. The first kappa shape index (κ1) is 24.6. The zero-order valence-electron chi connectivity index (χ0n) is 21.2. The van der Waals surface area contributed by atoms with Crippen LogP contribution in [0.5, 0.6) is 0 Å². The smallest absolute Gasteiger partial charge is 0.306 e. The number of carbonyl (C=O) groups is 1. The average molecular weight is 494 g/mol. The van der Waals surface area contributed by atoms with Gasteiger partial charge in [0.25, 0.3) is 0 Å². The van der Waals surface area contributed by atoms with Gasteiger partial charge in [0, 0.05) is 30.6 Å². The van der Waals surface area contributed by atoms with E-state index in [4.69, 9.17) is 4.99 Å². The minimum Gasteiger partial charge on any atom is -0.481 e. The molecule has 7 nitrogen and oxygen atoms in total. The molecule has 188 valence electrons. The first-order chi connectivity index (χ1) is 18.0. The van der Waals surface area contributed by atoms with Crippen LogP contribution in [0.25, 0.3) is 17.3 Å². The number of aromatic nitrogens is 3. The van der Waals surface area contributed by atoms with Crippen LogP contribution in [-0.4, -0.2) is 49.9 Å². The summed E-state index contributed by atoms with van der Waals surface area (Å²) in [6.45, 7) is 6.51. The van der Waals surface area contributed by atoms with E-state index in [1.165, 1.54) is 5.56 Å². The van der Waals surface area contributed by atoms with Crippen molar-refractivity contribution in [3.63, 3.8) is 0 Å². The maximum absolute atomic E-state index is 11.2. The van der Waals surface area contributed by atoms with Gasteiger partial charge in [0.2, 0.25) is 0 Å². The van der Waals surface area contributed by atoms with Crippen LogP contribution in [-0.2, 0) is 11.3 Å². The number of aliphatic imine (C=N–C) groups is 1. The molecule has 1 N–H and O–H groups in total. The highest BCUT2D eigenvalue weighted by atomic mass is 16.4. The number of hydrogen-bond acceptors (Lipinski definition) is 5. The Balaban J connectivity index is 1.36. The topological polar surface area (TPSA) is 83.1 Å². The molecule has 1 saturated heterocycles. The number of rotatable bonds is 7. The number of nitrogens with zero attached hydrogens (tertiary/aromatic N) is 5. The van der Waals surface area contributed by atoms with Crippen molar-refractivity contribution in [1.29, 1.82) is 0 Å². The predicted octanol–water partition coefficient (Wildman–Crippen LogP) is 5.65. The maximum atomic E-state index is 11.2. The molecule has 0 saturated carbocycles. The summed E-state index contributed by atoms with van der Waals surface area (Å²) in [4.78, 5) is 23.0. The largest absolute Gasteiger partial charge is 0.481 e. The molecule has 3 heterocycles. The van der Waals surface area contributed by atoms with Crippen molar-refractivity contribution in [1.82, 2.24) is 19.5 Å². The summed E-state index contributed by atoms with van der Waals surface area (Å²) in [5.41, 5.74) is 7.03. The lowest BCUT2D eigenvalue weighted by Crippen LogP contribution is -2.35. The van der Waals surface area contributed by atoms with Crippen molar-refractivity contribution in [2.75, 3.05) is 13.1 Å². The molecular weight excluding hydrogens is 462 g/mol. The summed E-state index contributed by atoms with van der Waals surface area (Å²) in [5, 5.41) is 13.8. The molecule has 2 aromatic heterocycles. The van der Waals surface area contributed by atoms with Gasteiger partial charge in [-0.25, -0.2) is 9.98 Å². The van der Waals surface area contributed by atoms with Gasteiger partial charge in [0.05, 0.1) is 11.6 Å². The number of likely N-dealkylation sites (tertiary alicyclic amines) is 1. The molecule has 0 radical (unpaired) electrons. The average Bonchev–Trinajstić information content (AvgIpc) is 3.30. The summed E-state index contributed by atoms with van der Waals surface area (Å²) in [7, 11) is 0. The van der Waals surface area contributed by atoms with Gasteiger partial charge in [0.15, 0.2) is 11.5 Å². The van der Waals surface area contributed by atoms with Crippen molar-refractivity contribution < 1.29 is 9.90 Å². The number of allylic oxidation sites excluding steroid dienone is 1. The number of aryl methyl sites for hydroxylation is 1. The quantitative estimate of drug-likeness (QED) is 0.337. The van der Waals surface area contributed by atoms with Crippen LogP contribution < -0.4 is 0 Å². The van der Waals surface area contributed by atoms with Crippen LogP contribution >= 0.6 is 0 Å². The normalized spacial score (nSPS) is 15.6. The van der Waals surface area contributed by atoms with Gasteiger partial charge in [-0.1, -0.05) is 54.6 Å². The summed E-state index contributed by atoms with van der Waals surface area (Å²) in [6.07, 6.45) is 7.25. The van der Waals surface area contributed by atoms with Gasteiger partial charge in [0.1, 0.15) is 0 Å². The van der Waals surface area contributed by atoms with Gasteiger partial charge in [-0.3, -0.25) is 9.69 Å². The second-order valence-electron chi connectivity index (χ2n) is 9.67. The molecule has 0 amide bonds. The summed E-state index contributed by atoms with van der Waals surface area (Å²) in [5.74, 6) is -0.142. The summed E-state index contributed by atoms with van der Waals surface area (Å²) in [6, 6.07) is 20.6. The van der Waals surface area contributed by atoms with E-state index in [9.17, 15) is 9.90 Å². The molecule has 37 heavy (non-hydrogen) atoms. The molecule has 2 aromatic carbocycles. The fourth-order valence-electron chi connectivity index (χ4n) is 4.74. The highest BCUT2D eigenvalue weighted by molar-refractivity contribution is 5.86. The first-order valence-electron chi connectivity index (χ1n) is 12.6. The van der Waals surface area contributed by atoms with E-state index in [2.05, 4.69) is 64.4 Å². The van der Waals surface area contributed by atoms with Gasteiger partial charge in [-0.2, -0.15) is 9.61 Å². The van der Waals surface area contributed by atoms with Crippen molar-refractivity contribution in [3.05, 3.63) is 94.8 Å². The van der Waals surface area contributed by atoms with Gasteiger partial charge < -0.3 is 5.11 Å². The second kappa shape index (κ2) is 10.9. The Morgan fingerprint density at radius 1 is 1.11 bits per heavy atom. The Bertz CT molecular complexity index is 1450. The van der Waals surface area contributed by atoms with E-state index >= 15 is 0 Å². The number of hydrogen-bond donors (Lipinski definition) is 1. The molecule has 0 atom stereocenters. The number of carboxylic acids is 1. The molecule has 0 unspecified atom stereocenters. The Morgan fingerprint density at radius 2 is 1.84 bits per heavy atom. The molecule has 1 aliphatic heterocycles. The Hall–Kier alpha value is -4.10. The number of benzene rings is 2. The van der Waals surface area contributed by atoms with Crippen LogP contribution in [0.1, 0.15) is 47.7 Å². The lowest BCUT2D eigenvalue weighted by atomic mass is 9.97. The molecule has 7 heteroatoms. The van der Waals surface area contributed by atoms with E-state index in [-0.39, 0.29) is 5.92 Å². The molecule has 5 rings (SSSR count). The van der Waals surface area contributed by atoms with E-state index in [1.54, 1.807) is 4.52 Å². The molecule has 0 aliphatic carbocycles. The van der Waals surface area contributed by atoms with E-state index < -0.39 is 5.97 Å². The molecule has 0 bridgehead atoms. The van der Waals surface area contributed by atoms with Gasteiger partial charge >= 0.3 is 5.97 Å². The SMILES string of the molecule is C/C(=C\c1cnc2cc(C)nn2c1N=Cc1ccc(CN2CCC(C(=O)O)CC2)cc1)c1ccccc1. The Kier molecular flexibility index (Phi) is 7.23. The second-order valence-corrected chi connectivity index (χ2v) is 9.67. The van der Waals surface area contributed by atoms with Gasteiger partial charge in [-0.15, -0.1) is 0 Å². The monoisotopic (exact) mass is 493 g/mol. The van der Waals surface area contributed by atoms with Crippen LogP contribution in [0, 0.1) is 12.8 Å². The van der Waals surface area contributed by atoms with Crippen molar-refractivity contribution in [2.24, 2.45) is 10.9 Å². The number of aliphatic carboxylic acids is 1. The van der Waals surface area contributed by atoms with Crippen molar-refractivity contribution >= 4 is 35.3 Å². The third-order valence-electron chi connectivity index (χ3n) is 6.87. The highest BCUT2D eigenvalue weighted by Crippen LogP contribution is 2.26. The Morgan fingerprint density at radius 3 is 2.54 bits per heavy atom. The molecule has 0 spiro atoms. The van der Waals surface area contributed by atoms with E-state index in [0.29, 0.717) is 12.8 Å². The lowest BCUT2D eigenvalue weighted by Gasteiger charge is -2.30. The van der Waals surface area contributed by atoms with Crippen LogP contribution in [0.4, 0.5) is 5.82 Å². The third kappa shape index (κ3) is 5.84. The number of carboxylic acid groups (broad SMARTS) is 1. The summed E-state index contributed by atoms with van der Waals surface area (Å²) >= 11 is 0. The van der Waals surface area contributed by atoms with Crippen molar-refractivity contribution in [3.8, 4) is 0 Å². The first-order valence-corrected chi connectivity index (χ1v) is 12.6. The molecular formula is C30H31N5O2. The molecule has 4 aromatic rings. The predicted molar refractivity (Wildman–Crippen MR) is 147 cm³/mol. The lowest BCUT2D eigenvalue weighted by molar-refractivity contribution is -0.143.